The van der Waals surface area contributed by atoms with Crippen molar-refractivity contribution < 1.29 is 31.1 Å². The quantitative estimate of drug-likeness (QED) is 0.735. The van der Waals surface area contributed by atoms with Crippen molar-refractivity contribution in [1.29, 1.82) is 0 Å². The van der Waals surface area contributed by atoms with Gasteiger partial charge in [0.05, 0.1) is 4.90 Å². The van der Waals surface area contributed by atoms with Crippen LogP contribution in [0.2, 0.25) is 0 Å². The van der Waals surface area contributed by atoms with Gasteiger partial charge in [-0.15, -0.1) is 13.2 Å². The zero-order chi connectivity index (χ0) is 20.2. The standard InChI is InChI=1S/C16H15F3N2O4S2/c1-21(2)15(22)26-13-5-3-4-11(10-13)20-27(23,24)14-8-6-12(7-9-14)25-16(17,18)19/h3-10,20H,1-2H3. The van der Waals surface area contributed by atoms with Gasteiger partial charge in [0.25, 0.3) is 15.3 Å². The van der Waals surface area contributed by atoms with E-state index in [-0.39, 0.29) is 15.8 Å². The number of hydrogen-bond acceptors (Lipinski definition) is 5. The van der Waals surface area contributed by atoms with Crippen LogP contribution in [0.4, 0.5) is 23.7 Å². The lowest BCUT2D eigenvalue weighted by Gasteiger charge is -2.12. The van der Waals surface area contributed by atoms with Crippen LogP contribution in [0.3, 0.4) is 0 Å². The molecule has 0 bridgehead atoms. The molecule has 1 N–H and O–H groups in total. The number of nitrogens with one attached hydrogen (secondary N) is 1. The number of rotatable bonds is 5. The highest BCUT2D eigenvalue weighted by molar-refractivity contribution is 8.13. The summed E-state index contributed by atoms with van der Waals surface area (Å²) in [7, 11) is -0.844. The highest BCUT2D eigenvalue weighted by Gasteiger charge is 2.31. The Morgan fingerprint density at radius 2 is 1.74 bits per heavy atom. The van der Waals surface area contributed by atoms with E-state index >= 15 is 0 Å². The van der Waals surface area contributed by atoms with Gasteiger partial charge in [-0.1, -0.05) is 6.07 Å². The molecule has 0 aromatic heterocycles. The average molecular weight is 420 g/mol. The summed E-state index contributed by atoms with van der Waals surface area (Å²) in [6, 6.07) is 9.99. The second kappa shape index (κ2) is 8.09. The molecule has 0 aliphatic heterocycles. The molecule has 0 heterocycles. The zero-order valence-corrected chi connectivity index (χ0v) is 15.8. The number of benzene rings is 2. The summed E-state index contributed by atoms with van der Waals surface area (Å²) in [5.41, 5.74) is 0.210. The van der Waals surface area contributed by atoms with Crippen LogP contribution in [0.25, 0.3) is 0 Å². The van der Waals surface area contributed by atoms with Gasteiger partial charge in [0, 0.05) is 24.7 Å². The Morgan fingerprint density at radius 1 is 1.11 bits per heavy atom. The number of anilines is 1. The first-order chi connectivity index (χ1) is 12.5. The van der Waals surface area contributed by atoms with Gasteiger partial charge in [-0.05, 0) is 54.2 Å². The molecule has 0 saturated carbocycles. The lowest BCUT2D eigenvalue weighted by atomic mass is 10.3. The van der Waals surface area contributed by atoms with Crippen molar-refractivity contribution >= 4 is 32.7 Å². The van der Waals surface area contributed by atoms with Crippen molar-refractivity contribution in [2.45, 2.75) is 16.2 Å². The van der Waals surface area contributed by atoms with E-state index in [1.165, 1.54) is 17.0 Å². The number of amides is 1. The number of thioether (sulfide) groups is 1. The fraction of sp³-hybridized carbons (Fsp3) is 0.188. The summed E-state index contributed by atoms with van der Waals surface area (Å²) >= 11 is 0.924. The van der Waals surface area contributed by atoms with E-state index in [4.69, 9.17) is 0 Å². The molecule has 27 heavy (non-hydrogen) atoms. The predicted molar refractivity (Wildman–Crippen MR) is 95.3 cm³/mol. The van der Waals surface area contributed by atoms with Crippen molar-refractivity contribution in [1.82, 2.24) is 4.90 Å². The van der Waals surface area contributed by atoms with Gasteiger partial charge in [0.1, 0.15) is 5.75 Å². The lowest BCUT2D eigenvalue weighted by Crippen LogP contribution is -2.17. The number of carbonyl (C=O) groups excluding carboxylic acids is 1. The van der Waals surface area contributed by atoms with Crippen molar-refractivity contribution in [3.8, 4) is 5.75 Å². The number of alkyl halides is 3. The van der Waals surface area contributed by atoms with E-state index in [1.54, 1.807) is 26.2 Å². The molecule has 146 valence electrons. The second-order valence-electron chi connectivity index (χ2n) is 5.41. The third-order valence-electron chi connectivity index (χ3n) is 3.02. The number of halogens is 3. The molecule has 2 aromatic rings. The fourth-order valence-corrected chi connectivity index (χ4v) is 3.62. The van der Waals surface area contributed by atoms with E-state index < -0.39 is 22.1 Å². The molecule has 2 rings (SSSR count). The minimum atomic E-state index is -4.86. The third-order valence-corrected chi connectivity index (χ3v) is 5.45. The van der Waals surface area contributed by atoms with E-state index in [1.807, 2.05) is 0 Å². The Kier molecular flexibility index (Phi) is 6.26. The van der Waals surface area contributed by atoms with Crippen LogP contribution in [-0.2, 0) is 10.0 Å². The molecule has 6 nitrogen and oxygen atoms in total. The van der Waals surface area contributed by atoms with Crippen molar-refractivity contribution in [3.63, 3.8) is 0 Å². The summed E-state index contributed by atoms with van der Waals surface area (Å²) in [4.78, 5) is 13.4. The highest BCUT2D eigenvalue weighted by Crippen LogP contribution is 2.27. The molecule has 1 amide bonds. The Balaban J connectivity index is 2.15. The van der Waals surface area contributed by atoms with Crippen LogP contribution >= 0.6 is 11.8 Å². The van der Waals surface area contributed by atoms with Gasteiger partial charge in [-0.25, -0.2) is 8.42 Å². The number of carbonyl (C=O) groups is 1. The topological polar surface area (TPSA) is 75.7 Å². The SMILES string of the molecule is CN(C)C(=O)Sc1cccc(NS(=O)(=O)c2ccc(OC(F)(F)F)cc2)c1. The maximum Gasteiger partial charge on any atom is 0.573 e. The Bertz CT molecular complexity index is 914. The molecule has 0 aliphatic carbocycles. The second-order valence-corrected chi connectivity index (χ2v) is 8.12. The molecule has 11 heteroatoms. The highest BCUT2D eigenvalue weighted by atomic mass is 32.2. The first-order valence-corrected chi connectivity index (χ1v) is 9.64. The fourth-order valence-electron chi connectivity index (χ4n) is 1.85. The molecule has 0 radical (unpaired) electrons. The van der Waals surface area contributed by atoms with Gasteiger partial charge >= 0.3 is 6.36 Å². The van der Waals surface area contributed by atoms with Crippen LogP contribution in [-0.4, -0.2) is 39.0 Å². The molecule has 0 aliphatic rings. The van der Waals surface area contributed by atoms with Gasteiger partial charge in [0.2, 0.25) is 0 Å². The van der Waals surface area contributed by atoms with Gasteiger partial charge in [0.15, 0.2) is 0 Å². The number of hydrogen-bond donors (Lipinski definition) is 1. The first-order valence-electron chi connectivity index (χ1n) is 7.34. The normalized spacial score (nSPS) is 11.7. The smallest absolute Gasteiger partial charge is 0.406 e. The Morgan fingerprint density at radius 3 is 2.30 bits per heavy atom. The van der Waals surface area contributed by atoms with Crippen molar-refractivity contribution in [2.24, 2.45) is 0 Å². The van der Waals surface area contributed by atoms with E-state index in [9.17, 15) is 26.4 Å². The predicted octanol–water partition coefficient (Wildman–Crippen LogP) is 4.16. The van der Waals surface area contributed by atoms with Gasteiger partial charge in [-0.2, -0.15) is 0 Å². The minimum absolute atomic E-state index is 0.210. The molecule has 0 fully saturated rings. The first kappa shape index (κ1) is 20.9. The summed E-state index contributed by atoms with van der Waals surface area (Å²) in [6.45, 7) is 0. The van der Waals surface area contributed by atoms with E-state index in [0.29, 0.717) is 4.90 Å². The van der Waals surface area contributed by atoms with Crippen LogP contribution in [0.15, 0.2) is 58.3 Å². The van der Waals surface area contributed by atoms with E-state index in [0.717, 1.165) is 36.0 Å². The zero-order valence-electron chi connectivity index (χ0n) is 14.1. The average Bonchev–Trinajstić information content (AvgIpc) is 2.53. The summed E-state index contributed by atoms with van der Waals surface area (Å²) in [5, 5.41) is -0.227. The minimum Gasteiger partial charge on any atom is -0.406 e. The maximum absolute atomic E-state index is 12.4. The molecule has 0 spiro atoms. The number of sulfonamides is 1. The van der Waals surface area contributed by atoms with Crippen LogP contribution in [0.5, 0.6) is 5.75 Å². The van der Waals surface area contributed by atoms with Gasteiger partial charge < -0.3 is 9.64 Å². The number of ether oxygens (including phenoxy) is 1. The monoisotopic (exact) mass is 420 g/mol. The summed E-state index contributed by atoms with van der Waals surface area (Å²) in [5.74, 6) is -0.526. The Labute approximate surface area is 158 Å². The summed E-state index contributed by atoms with van der Waals surface area (Å²) in [6.07, 6.45) is -4.86. The van der Waals surface area contributed by atoms with Crippen LogP contribution in [0, 0.1) is 0 Å². The largest absolute Gasteiger partial charge is 0.573 e. The molecule has 0 unspecified atom stereocenters. The molecule has 2 aromatic carbocycles. The maximum atomic E-state index is 12.4. The van der Waals surface area contributed by atoms with E-state index in [2.05, 4.69) is 9.46 Å². The van der Waals surface area contributed by atoms with Gasteiger partial charge in [-0.3, -0.25) is 9.52 Å². The molecule has 0 saturated heterocycles. The van der Waals surface area contributed by atoms with Crippen molar-refractivity contribution in [2.75, 3.05) is 18.8 Å². The number of nitrogens with zero attached hydrogens (tertiary/aromatic N) is 1. The molecule has 0 atom stereocenters. The molecular weight excluding hydrogens is 405 g/mol. The molecular formula is C16H15F3N2O4S2. The van der Waals surface area contributed by atoms with Crippen molar-refractivity contribution in [3.05, 3.63) is 48.5 Å². The van der Waals surface area contributed by atoms with Crippen LogP contribution < -0.4 is 9.46 Å². The summed E-state index contributed by atoms with van der Waals surface area (Å²) < 4.78 is 67.3. The lowest BCUT2D eigenvalue weighted by molar-refractivity contribution is -0.274. The van der Waals surface area contributed by atoms with Crippen LogP contribution in [0.1, 0.15) is 0 Å². The third kappa shape index (κ3) is 6.36. The Hall–Kier alpha value is -2.40.